The van der Waals surface area contributed by atoms with Crippen molar-refractivity contribution in [2.75, 3.05) is 16.4 Å². The van der Waals surface area contributed by atoms with E-state index in [0.29, 0.717) is 11.3 Å². The largest absolute Gasteiger partial charge is 0.480 e. The first-order valence-corrected chi connectivity index (χ1v) is 13.5. The molecule has 4 N–H and O–H groups in total. The maximum Gasteiger partial charge on any atom is 0.338 e. The topological polar surface area (TPSA) is 176 Å². The van der Waals surface area contributed by atoms with Gasteiger partial charge in [-0.3, -0.25) is 4.79 Å². The number of rotatable bonds is 11. The summed E-state index contributed by atoms with van der Waals surface area (Å²) in [6, 6.07) is 8.89. The lowest BCUT2D eigenvalue weighted by molar-refractivity contribution is -0.137. The van der Waals surface area contributed by atoms with Gasteiger partial charge in [0.1, 0.15) is 22.2 Å². The van der Waals surface area contributed by atoms with Crippen LogP contribution < -0.4 is 10.6 Å². The fraction of sp³-hybridized carbons (Fsp3) is 0.208. The summed E-state index contributed by atoms with van der Waals surface area (Å²) in [6.07, 6.45) is 1.12. The summed E-state index contributed by atoms with van der Waals surface area (Å²) in [5, 5.41) is 24.5. The smallest absolute Gasteiger partial charge is 0.338 e. The molecule has 0 saturated carbocycles. The van der Waals surface area contributed by atoms with Crippen LogP contribution in [0.4, 0.5) is 11.5 Å². The van der Waals surface area contributed by atoms with Gasteiger partial charge in [-0.25, -0.2) is 28.0 Å². The molecule has 3 aromatic rings. The van der Waals surface area contributed by atoms with E-state index in [0.717, 1.165) is 12.3 Å². The summed E-state index contributed by atoms with van der Waals surface area (Å²) in [5.41, 5.74) is 0.721. The van der Waals surface area contributed by atoms with Crippen molar-refractivity contribution in [3.63, 3.8) is 0 Å². The molecule has 0 saturated heterocycles. The standard InChI is InChI=1S/C24H22Cl2N4O7S/c1-2-7-38(36,37)18-11-21(27-12-16(18)23(32)33)29-17(24(34)35)8-13-3-5-15(6-4-13)28-22(31)14-9-19(25)30-20(26)10-14/h3-6,9-12,17H,2,7-8H2,1H3,(H,27,29)(H,28,31)(H,32,33)(H,34,35)/t17-/m0/s1. The van der Waals surface area contributed by atoms with Gasteiger partial charge in [0.2, 0.25) is 0 Å². The molecule has 0 unspecified atom stereocenters. The summed E-state index contributed by atoms with van der Waals surface area (Å²) in [6.45, 7) is 1.64. The highest BCUT2D eigenvalue weighted by Crippen LogP contribution is 2.22. The summed E-state index contributed by atoms with van der Waals surface area (Å²) in [5.74, 6) is -3.55. The summed E-state index contributed by atoms with van der Waals surface area (Å²) >= 11 is 11.7. The van der Waals surface area contributed by atoms with E-state index >= 15 is 0 Å². The van der Waals surface area contributed by atoms with Crippen molar-refractivity contribution in [1.29, 1.82) is 0 Å². The van der Waals surface area contributed by atoms with Crippen LogP contribution >= 0.6 is 23.2 Å². The molecule has 1 aromatic carbocycles. The summed E-state index contributed by atoms with van der Waals surface area (Å²) in [4.78, 5) is 43.1. The van der Waals surface area contributed by atoms with Gasteiger partial charge >= 0.3 is 11.9 Å². The van der Waals surface area contributed by atoms with Crippen molar-refractivity contribution in [1.82, 2.24) is 9.97 Å². The van der Waals surface area contributed by atoms with Crippen molar-refractivity contribution >= 4 is 62.4 Å². The van der Waals surface area contributed by atoms with Gasteiger partial charge in [-0.1, -0.05) is 42.3 Å². The first kappa shape index (κ1) is 28.8. The van der Waals surface area contributed by atoms with Crippen LogP contribution in [0, 0.1) is 0 Å². The predicted octanol–water partition coefficient (Wildman–Crippen LogP) is 4.03. The monoisotopic (exact) mass is 580 g/mol. The number of nitrogens with one attached hydrogen (secondary N) is 2. The Kier molecular flexibility index (Phi) is 9.26. The second-order valence-corrected chi connectivity index (χ2v) is 10.9. The van der Waals surface area contributed by atoms with Gasteiger partial charge in [-0.15, -0.1) is 0 Å². The second kappa shape index (κ2) is 12.2. The molecular weight excluding hydrogens is 559 g/mol. The number of carbonyl (C=O) groups is 3. The minimum absolute atomic E-state index is 0.0292. The number of halogens is 2. The third-order valence-electron chi connectivity index (χ3n) is 5.20. The molecule has 38 heavy (non-hydrogen) atoms. The molecule has 1 atom stereocenters. The van der Waals surface area contributed by atoms with E-state index in [9.17, 15) is 33.0 Å². The number of aromatic carboxylic acids is 1. The molecule has 1 amide bonds. The number of carbonyl (C=O) groups excluding carboxylic acids is 1. The number of nitrogens with zero attached hydrogens (tertiary/aromatic N) is 2. The lowest BCUT2D eigenvalue weighted by Gasteiger charge is -2.17. The third-order valence-corrected chi connectivity index (χ3v) is 7.54. The molecule has 0 fully saturated rings. The van der Waals surface area contributed by atoms with Crippen molar-refractivity contribution < 1.29 is 33.0 Å². The van der Waals surface area contributed by atoms with Gasteiger partial charge in [-0.2, -0.15) is 0 Å². The summed E-state index contributed by atoms with van der Waals surface area (Å²) in [7, 11) is -3.92. The Balaban J connectivity index is 1.76. The highest BCUT2D eigenvalue weighted by atomic mass is 35.5. The van der Waals surface area contributed by atoms with E-state index in [-0.39, 0.29) is 40.3 Å². The first-order chi connectivity index (χ1) is 17.9. The fourth-order valence-electron chi connectivity index (χ4n) is 3.45. The van der Waals surface area contributed by atoms with Gasteiger partial charge in [0, 0.05) is 29.9 Å². The zero-order valence-corrected chi connectivity index (χ0v) is 22.1. The van der Waals surface area contributed by atoms with Crippen LogP contribution in [0.2, 0.25) is 10.3 Å². The van der Waals surface area contributed by atoms with E-state index in [4.69, 9.17) is 23.2 Å². The molecule has 2 heterocycles. The maximum absolute atomic E-state index is 12.6. The number of aromatic nitrogens is 2. The second-order valence-electron chi connectivity index (χ2n) is 8.08. The molecule has 0 aliphatic carbocycles. The van der Waals surface area contributed by atoms with Crippen LogP contribution in [0.3, 0.4) is 0 Å². The highest BCUT2D eigenvalue weighted by molar-refractivity contribution is 7.91. The Morgan fingerprint density at radius 2 is 1.66 bits per heavy atom. The van der Waals surface area contributed by atoms with Gasteiger partial charge in [0.15, 0.2) is 9.84 Å². The van der Waals surface area contributed by atoms with Crippen LogP contribution in [0.15, 0.2) is 53.6 Å². The number of hydrogen-bond acceptors (Lipinski definition) is 8. The lowest BCUT2D eigenvalue weighted by Crippen LogP contribution is -2.32. The van der Waals surface area contributed by atoms with Crippen LogP contribution in [0.5, 0.6) is 0 Å². The zero-order valence-electron chi connectivity index (χ0n) is 19.8. The quantitative estimate of drug-likeness (QED) is 0.242. The number of hydrogen-bond donors (Lipinski definition) is 4. The average molecular weight is 581 g/mol. The lowest BCUT2D eigenvalue weighted by atomic mass is 10.1. The number of carboxylic acids is 2. The highest BCUT2D eigenvalue weighted by Gasteiger charge is 2.25. The third kappa shape index (κ3) is 7.40. The molecule has 14 heteroatoms. The normalized spacial score (nSPS) is 12.0. The fourth-order valence-corrected chi connectivity index (χ4v) is 5.43. The molecule has 200 valence electrons. The first-order valence-electron chi connectivity index (χ1n) is 11.1. The molecule has 0 bridgehead atoms. The van der Waals surface area contributed by atoms with Crippen LogP contribution in [0.25, 0.3) is 0 Å². The van der Waals surface area contributed by atoms with Gasteiger partial charge < -0.3 is 20.8 Å². The number of anilines is 2. The molecule has 3 rings (SSSR count). The van der Waals surface area contributed by atoms with E-state index in [1.54, 1.807) is 31.2 Å². The Morgan fingerprint density at radius 1 is 1.03 bits per heavy atom. The Bertz CT molecular complexity index is 1460. The zero-order chi connectivity index (χ0) is 28.0. The number of pyridine rings is 2. The minimum atomic E-state index is -3.92. The SMILES string of the molecule is CCCS(=O)(=O)c1cc(N[C@@H](Cc2ccc(NC(=O)c3cc(Cl)nc(Cl)c3)cc2)C(=O)O)ncc1C(=O)O. The molecule has 2 aromatic heterocycles. The Hall–Kier alpha value is -3.74. The van der Waals surface area contributed by atoms with Crippen molar-refractivity contribution in [2.45, 2.75) is 30.7 Å². The Morgan fingerprint density at radius 3 is 2.21 bits per heavy atom. The van der Waals surface area contributed by atoms with E-state index in [1.165, 1.54) is 12.1 Å². The molecule has 0 aliphatic heterocycles. The van der Waals surface area contributed by atoms with Crippen molar-refractivity contribution in [2.24, 2.45) is 0 Å². The Labute approximate surface area is 227 Å². The van der Waals surface area contributed by atoms with Crippen LogP contribution in [-0.4, -0.2) is 58.2 Å². The molecule has 0 aliphatic rings. The average Bonchev–Trinajstić information content (AvgIpc) is 2.84. The maximum atomic E-state index is 12.6. The minimum Gasteiger partial charge on any atom is -0.480 e. The molecule has 0 spiro atoms. The van der Waals surface area contributed by atoms with Gasteiger partial charge in [0.05, 0.1) is 16.2 Å². The molecular formula is C24H22Cl2N4O7S. The molecule has 0 radical (unpaired) electrons. The predicted molar refractivity (Wildman–Crippen MR) is 141 cm³/mol. The van der Waals surface area contributed by atoms with E-state index in [1.807, 2.05) is 0 Å². The van der Waals surface area contributed by atoms with E-state index in [2.05, 4.69) is 20.6 Å². The molecule has 11 nitrogen and oxygen atoms in total. The van der Waals surface area contributed by atoms with Crippen LogP contribution in [0.1, 0.15) is 39.6 Å². The number of carboxylic acid groups (broad SMARTS) is 2. The number of benzene rings is 1. The van der Waals surface area contributed by atoms with Gasteiger partial charge in [-0.05, 0) is 36.2 Å². The van der Waals surface area contributed by atoms with Crippen molar-refractivity contribution in [3.05, 3.63) is 75.7 Å². The number of aliphatic carboxylic acids is 1. The van der Waals surface area contributed by atoms with Crippen molar-refractivity contribution in [3.8, 4) is 0 Å². The van der Waals surface area contributed by atoms with Gasteiger partial charge in [0.25, 0.3) is 5.91 Å². The summed E-state index contributed by atoms with van der Waals surface area (Å²) < 4.78 is 25.1. The van der Waals surface area contributed by atoms with Crippen LogP contribution in [-0.2, 0) is 21.1 Å². The van der Waals surface area contributed by atoms with E-state index < -0.39 is 44.2 Å². The number of amides is 1. The number of sulfone groups is 1.